The molecule has 1 heterocycles. The van der Waals surface area contributed by atoms with Gasteiger partial charge in [0.05, 0.1) is 5.69 Å². The fraction of sp³-hybridized carbons (Fsp3) is 0.500. The third-order valence-corrected chi connectivity index (χ3v) is 8.63. The van der Waals surface area contributed by atoms with Crippen molar-refractivity contribution < 1.29 is 0 Å². The Morgan fingerprint density at radius 2 is 1.94 bits per heavy atom. The first-order valence-electron chi connectivity index (χ1n) is 12.2. The lowest BCUT2D eigenvalue weighted by Gasteiger charge is -2.49. The van der Waals surface area contributed by atoms with Crippen LogP contribution < -0.4 is 0 Å². The van der Waals surface area contributed by atoms with Crippen molar-refractivity contribution in [2.45, 2.75) is 80.1 Å². The molecule has 164 valence electrons. The van der Waals surface area contributed by atoms with Crippen molar-refractivity contribution in [3.8, 4) is 0 Å². The molecule has 0 fully saturated rings. The number of nitrogens with zero attached hydrogens (tertiary/aromatic N) is 1. The Kier molecular flexibility index (Phi) is 5.53. The molecule has 2 aromatic rings. The number of pyridine rings is 1. The van der Waals surface area contributed by atoms with Crippen molar-refractivity contribution in [1.29, 1.82) is 0 Å². The van der Waals surface area contributed by atoms with E-state index < -0.39 is 0 Å². The second-order valence-corrected chi connectivity index (χ2v) is 10.6. The highest BCUT2D eigenvalue weighted by Gasteiger charge is 2.47. The first-order chi connectivity index (χ1) is 14.7. The molecule has 2 aliphatic carbocycles. The third-order valence-electron chi connectivity index (χ3n) is 8.63. The van der Waals surface area contributed by atoms with E-state index in [1.165, 1.54) is 45.2 Å². The van der Waals surface area contributed by atoms with Gasteiger partial charge in [-0.3, -0.25) is 4.98 Å². The number of hydrogen-bond donors (Lipinski definition) is 0. The van der Waals surface area contributed by atoms with Gasteiger partial charge in [-0.05, 0) is 77.7 Å². The molecule has 31 heavy (non-hydrogen) atoms. The maximum absolute atomic E-state index is 5.07. The Morgan fingerprint density at radius 3 is 2.61 bits per heavy atom. The highest BCUT2D eigenvalue weighted by atomic mass is 14.7. The van der Waals surface area contributed by atoms with E-state index in [0.717, 1.165) is 12.8 Å². The second kappa shape index (κ2) is 7.76. The zero-order valence-corrected chi connectivity index (χ0v) is 20.8. The lowest BCUT2D eigenvalue weighted by molar-refractivity contribution is 0.196. The first kappa shape index (κ1) is 22.1. The smallest absolute Gasteiger partial charge is 0.0749 e. The molecule has 0 saturated carbocycles. The highest BCUT2D eigenvalue weighted by Crippen LogP contribution is 2.59. The monoisotopic (exact) mass is 413 g/mol. The topological polar surface area (TPSA) is 12.9 Å². The number of aromatic nitrogens is 1. The lowest BCUT2D eigenvalue weighted by atomic mass is 9.55. The van der Waals surface area contributed by atoms with E-state index in [1.54, 1.807) is 5.57 Å². The van der Waals surface area contributed by atoms with Gasteiger partial charge in [0.2, 0.25) is 0 Å². The Balaban J connectivity index is 2.10. The number of allylic oxidation sites excluding steroid dienone is 6. The molecule has 4 rings (SSSR count). The van der Waals surface area contributed by atoms with Crippen molar-refractivity contribution in [3.63, 3.8) is 0 Å². The predicted octanol–water partition coefficient (Wildman–Crippen LogP) is 8.65. The molecule has 0 radical (unpaired) electrons. The minimum atomic E-state index is -0.0281. The van der Waals surface area contributed by atoms with Crippen LogP contribution in [-0.2, 0) is 5.41 Å². The summed E-state index contributed by atoms with van der Waals surface area (Å²) >= 11 is 0. The molecule has 1 aromatic carbocycles. The van der Waals surface area contributed by atoms with Gasteiger partial charge in [-0.25, -0.2) is 0 Å². The van der Waals surface area contributed by atoms with Crippen LogP contribution in [0, 0.1) is 17.3 Å². The van der Waals surface area contributed by atoms with Gasteiger partial charge in [-0.15, -0.1) is 0 Å². The molecule has 0 N–H and O–H groups in total. The molecule has 1 nitrogen and oxygen atoms in total. The normalized spacial score (nSPS) is 23.3. The van der Waals surface area contributed by atoms with Gasteiger partial charge in [0.15, 0.2) is 0 Å². The standard InChI is InChI=1S/C30H39N/c1-9-11-16-30(8,20(4)10-2)24-18-19(3)21(5)27-26(24)28-25-22(15-17-31-28)13-12-14-23(25)29(27,6)7/h11-17,20,24H,9-10,18H2,1-8H3. The van der Waals surface area contributed by atoms with Crippen molar-refractivity contribution in [3.05, 3.63) is 70.6 Å². The van der Waals surface area contributed by atoms with Crippen LogP contribution in [0.2, 0.25) is 0 Å². The summed E-state index contributed by atoms with van der Waals surface area (Å²) < 4.78 is 0. The molecule has 3 unspecified atom stereocenters. The molecule has 0 aliphatic heterocycles. The van der Waals surface area contributed by atoms with Crippen LogP contribution in [0.1, 0.15) is 85.9 Å². The quantitative estimate of drug-likeness (QED) is 0.447. The van der Waals surface area contributed by atoms with Crippen LogP contribution in [0.15, 0.2) is 59.3 Å². The zero-order chi connectivity index (χ0) is 22.6. The van der Waals surface area contributed by atoms with Crippen molar-refractivity contribution in [2.75, 3.05) is 0 Å². The van der Waals surface area contributed by atoms with Crippen LogP contribution in [0.25, 0.3) is 16.3 Å². The fourth-order valence-electron chi connectivity index (χ4n) is 6.30. The molecule has 2 aliphatic rings. The van der Waals surface area contributed by atoms with Crippen LogP contribution in [0.4, 0.5) is 0 Å². The van der Waals surface area contributed by atoms with Crippen LogP contribution in [0.3, 0.4) is 0 Å². The summed E-state index contributed by atoms with van der Waals surface area (Å²) in [6.45, 7) is 19.1. The molecule has 0 spiro atoms. The summed E-state index contributed by atoms with van der Waals surface area (Å²) in [6.07, 6.45) is 10.3. The Hall–Kier alpha value is -2.15. The molecule has 3 atom stereocenters. The van der Waals surface area contributed by atoms with Gasteiger partial charge >= 0.3 is 0 Å². The number of hydrogen-bond acceptors (Lipinski definition) is 1. The molecular formula is C30H39N. The Labute approximate surface area is 189 Å². The molecule has 0 saturated heterocycles. The highest BCUT2D eigenvalue weighted by molar-refractivity contribution is 6.01. The van der Waals surface area contributed by atoms with E-state index in [2.05, 4.69) is 91.8 Å². The van der Waals surface area contributed by atoms with Crippen molar-refractivity contribution in [2.24, 2.45) is 17.3 Å². The van der Waals surface area contributed by atoms with E-state index in [1.807, 2.05) is 6.20 Å². The van der Waals surface area contributed by atoms with E-state index in [-0.39, 0.29) is 10.8 Å². The summed E-state index contributed by atoms with van der Waals surface area (Å²) in [5.41, 5.74) is 8.80. The minimum Gasteiger partial charge on any atom is -0.256 e. The van der Waals surface area contributed by atoms with Gasteiger partial charge in [-0.2, -0.15) is 0 Å². The third kappa shape index (κ3) is 3.15. The molecule has 0 bridgehead atoms. The van der Waals surface area contributed by atoms with E-state index in [0.29, 0.717) is 11.8 Å². The zero-order valence-electron chi connectivity index (χ0n) is 20.8. The second-order valence-electron chi connectivity index (χ2n) is 10.6. The summed E-state index contributed by atoms with van der Waals surface area (Å²) in [4.78, 5) is 5.07. The van der Waals surface area contributed by atoms with Gasteiger partial charge < -0.3 is 0 Å². The lowest BCUT2D eigenvalue weighted by Crippen LogP contribution is -2.39. The molecule has 1 aromatic heterocycles. The van der Waals surface area contributed by atoms with E-state index in [9.17, 15) is 0 Å². The summed E-state index contributed by atoms with van der Waals surface area (Å²) in [5.74, 6) is 1.04. The largest absolute Gasteiger partial charge is 0.256 e. The average Bonchev–Trinajstić information content (AvgIpc) is 2.76. The van der Waals surface area contributed by atoms with Crippen LogP contribution in [-0.4, -0.2) is 4.98 Å². The molecule has 0 amide bonds. The van der Waals surface area contributed by atoms with Gasteiger partial charge in [-0.1, -0.05) is 83.9 Å². The van der Waals surface area contributed by atoms with Crippen LogP contribution in [0.5, 0.6) is 0 Å². The van der Waals surface area contributed by atoms with E-state index in [4.69, 9.17) is 4.98 Å². The number of benzene rings is 1. The van der Waals surface area contributed by atoms with Gasteiger partial charge in [0.25, 0.3) is 0 Å². The summed E-state index contributed by atoms with van der Waals surface area (Å²) in [5, 5.41) is 2.69. The SMILES string of the molecule is CCC=CC(C)(C(C)CC)C1CC(C)=C(C)C2=C1c1nccc3cccc(c13)C2(C)C. The summed E-state index contributed by atoms with van der Waals surface area (Å²) in [6, 6.07) is 8.98. The molecule has 1 heteroatoms. The van der Waals surface area contributed by atoms with Crippen molar-refractivity contribution >= 4 is 16.3 Å². The fourth-order valence-corrected chi connectivity index (χ4v) is 6.30. The van der Waals surface area contributed by atoms with Gasteiger partial charge in [0, 0.05) is 17.0 Å². The average molecular weight is 414 g/mol. The minimum absolute atomic E-state index is 0.0281. The maximum atomic E-state index is 5.07. The van der Waals surface area contributed by atoms with E-state index >= 15 is 0 Å². The van der Waals surface area contributed by atoms with Crippen molar-refractivity contribution in [1.82, 2.24) is 4.98 Å². The maximum Gasteiger partial charge on any atom is 0.0749 e. The molecular weight excluding hydrogens is 374 g/mol. The first-order valence-corrected chi connectivity index (χ1v) is 12.2. The van der Waals surface area contributed by atoms with Gasteiger partial charge in [0.1, 0.15) is 0 Å². The predicted molar refractivity (Wildman–Crippen MR) is 135 cm³/mol. The number of rotatable bonds is 5. The number of fused-ring (bicyclic) bond motifs is 1. The van der Waals surface area contributed by atoms with Crippen LogP contribution >= 0.6 is 0 Å². The summed E-state index contributed by atoms with van der Waals surface area (Å²) in [7, 11) is 0. The Bertz CT molecular complexity index is 1110. The Morgan fingerprint density at radius 1 is 1.19 bits per heavy atom.